The summed E-state index contributed by atoms with van der Waals surface area (Å²) in [5.74, 6) is 0. The maximum atomic E-state index is 3.76. The van der Waals surface area contributed by atoms with Gasteiger partial charge in [0, 0.05) is 11.3 Å². The smallest absolute Gasteiger partial charge is 0.103 e. The fraction of sp³-hybridized carbons (Fsp3) is 0.0588. The Hall–Kier alpha value is -4.60. The molecule has 6 rings (SSSR count). The lowest BCUT2D eigenvalue weighted by atomic mass is 9.93. The summed E-state index contributed by atoms with van der Waals surface area (Å²) in [5, 5.41) is 5.98. The highest BCUT2D eigenvalue weighted by atomic mass is 15.6. The van der Waals surface area contributed by atoms with Gasteiger partial charge in [-0.3, -0.25) is 5.01 Å². The van der Waals surface area contributed by atoms with Gasteiger partial charge in [0.15, 0.2) is 0 Å². The first-order valence-corrected chi connectivity index (χ1v) is 12.7. The molecule has 3 nitrogen and oxygen atoms in total. The number of rotatable bonds is 7. The van der Waals surface area contributed by atoms with E-state index >= 15 is 0 Å². The summed E-state index contributed by atoms with van der Waals surface area (Å²) >= 11 is 0. The van der Waals surface area contributed by atoms with E-state index < -0.39 is 0 Å². The summed E-state index contributed by atoms with van der Waals surface area (Å²) in [6.45, 7) is 0.613. The lowest BCUT2D eigenvalue weighted by molar-refractivity contribution is 0.309. The largest absolute Gasteiger partial charge is 0.366 e. The standard InChI is InChI=1S/C34H29N3/c1-5-14-26(15-6-1)30-22-13-23-31(34(30)29-20-11-4-12-21-29)35-25-37-33(28-18-9-3-10-19-28)24-32(36-37)27-16-7-2-8-17-27/h1-24,32,35-36H,25H2. The van der Waals surface area contributed by atoms with Crippen LogP contribution in [0.4, 0.5) is 5.69 Å². The van der Waals surface area contributed by atoms with Crippen molar-refractivity contribution in [2.75, 3.05) is 12.0 Å². The molecule has 1 aliphatic rings. The zero-order valence-corrected chi connectivity index (χ0v) is 20.6. The van der Waals surface area contributed by atoms with Gasteiger partial charge in [-0.2, -0.15) is 0 Å². The van der Waals surface area contributed by atoms with E-state index in [1.807, 2.05) is 0 Å². The summed E-state index contributed by atoms with van der Waals surface area (Å²) < 4.78 is 0. The highest BCUT2D eigenvalue weighted by molar-refractivity contribution is 5.92. The fourth-order valence-electron chi connectivity index (χ4n) is 4.98. The number of anilines is 1. The molecule has 1 heterocycles. The molecule has 180 valence electrons. The average molecular weight is 480 g/mol. The minimum absolute atomic E-state index is 0.113. The summed E-state index contributed by atoms with van der Waals surface area (Å²) in [4.78, 5) is 0. The van der Waals surface area contributed by atoms with Crippen LogP contribution in [0.25, 0.3) is 28.0 Å². The predicted octanol–water partition coefficient (Wildman–Crippen LogP) is 7.99. The van der Waals surface area contributed by atoms with Crippen molar-refractivity contribution in [3.05, 3.63) is 157 Å². The van der Waals surface area contributed by atoms with Gasteiger partial charge in [-0.1, -0.05) is 133 Å². The van der Waals surface area contributed by atoms with Crippen LogP contribution < -0.4 is 10.7 Å². The zero-order valence-electron chi connectivity index (χ0n) is 20.6. The van der Waals surface area contributed by atoms with Crippen molar-refractivity contribution < 1.29 is 0 Å². The zero-order chi connectivity index (χ0) is 24.9. The van der Waals surface area contributed by atoms with E-state index in [2.05, 4.69) is 161 Å². The molecule has 1 aliphatic heterocycles. The number of hydrogen-bond acceptors (Lipinski definition) is 3. The van der Waals surface area contributed by atoms with Crippen LogP contribution in [0.15, 0.2) is 146 Å². The Balaban J connectivity index is 1.34. The van der Waals surface area contributed by atoms with Crippen LogP contribution in [0.2, 0.25) is 0 Å². The van der Waals surface area contributed by atoms with Gasteiger partial charge in [0.1, 0.15) is 6.67 Å². The van der Waals surface area contributed by atoms with Gasteiger partial charge in [-0.15, -0.1) is 0 Å². The third-order valence-corrected chi connectivity index (χ3v) is 6.78. The Labute approximate surface area is 218 Å². The molecule has 1 unspecified atom stereocenters. The Bertz CT molecular complexity index is 1480. The van der Waals surface area contributed by atoms with Crippen molar-refractivity contribution in [1.29, 1.82) is 0 Å². The number of nitrogens with one attached hydrogen (secondary N) is 2. The molecule has 5 aromatic carbocycles. The fourth-order valence-corrected chi connectivity index (χ4v) is 4.98. The molecule has 0 bridgehead atoms. The number of nitrogens with zero attached hydrogens (tertiary/aromatic N) is 1. The van der Waals surface area contributed by atoms with Crippen LogP contribution in [-0.2, 0) is 0 Å². The van der Waals surface area contributed by atoms with Gasteiger partial charge in [-0.25, -0.2) is 5.43 Å². The molecule has 0 saturated heterocycles. The van der Waals surface area contributed by atoms with Crippen LogP contribution in [0, 0.1) is 0 Å². The second-order valence-corrected chi connectivity index (χ2v) is 9.16. The van der Waals surface area contributed by atoms with Gasteiger partial charge in [0.05, 0.1) is 11.7 Å². The van der Waals surface area contributed by atoms with Crippen LogP contribution in [0.1, 0.15) is 17.2 Å². The van der Waals surface area contributed by atoms with E-state index in [1.54, 1.807) is 0 Å². The minimum atomic E-state index is 0.113. The van der Waals surface area contributed by atoms with E-state index in [-0.39, 0.29) is 6.04 Å². The maximum absolute atomic E-state index is 3.76. The molecule has 3 heteroatoms. The van der Waals surface area contributed by atoms with Crippen molar-refractivity contribution in [2.45, 2.75) is 6.04 Å². The SMILES string of the molecule is C1=C(c2ccccc2)N(CNc2cccc(-c3ccccc3)c2-c2ccccc2)NC1c1ccccc1. The average Bonchev–Trinajstić information content (AvgIpc) is 3.42. The molecule has 0 amide bonds. The van der Waals surface area contributed by atoms with Crippen LogP contribution >= 0.6 is 0 Å². The van der Waals surface area contributed by atoms with Crippen LogP contribution in [0.3, 0.4) is 0 Å². The molecule has 0 saturated carbocycles. The molecular weight excluding hydrogens is 450 g/mol. The van der Waals surface area contributed by atoms with Gasteiger partial charge < -0.3 is 5.32 Å². The highest BCUT2D eigenvalue weighted by Crippen LogP contribution is 2.38. The Morgan fingerprint density at radius 3 is 1.78 bits per heavy atom. The van der Waals surface area contributed by atoms with Crippen molar-refractivity contribution in [3.63, 3.8) is 0 Å². The lowest BCUT2D eigenvalue weighted by Crippen LogP contribution is -2.37. The molecule has 0 spiro atoms. The molecule has 5 aromatic rings. The molecule has 2 N–H and O–H groups in total. The van der Waals surface area contributed by atoms with E-state index in [9.17, 15) is 0 Å². The molecular formula is C34H29N3. The third kappa shape index (κ3) is 4.90. The van der Waals surface area contributed by atoms with Crippen molar-refractivity contribution in [2.24, 2.45) is 0 Å². The quantitative estimate of drug-likeness (QED) is 0.248. The summed E-state index contributed by atoms with van der Waals surface area (Å²) in [6.07, 6.45) is 2.31. The summed E-state index contributed by atoms with van der Waals surface area (Å²) in [5.41, 5.74) is 13.2. The molecule has 1 atom stereocenters. The van der Waals surface area contributed by atoms with Crippen LogP contribution in [0.5, 0.6) is 0 Å². The molecule has 0 fully saturated rings. The number of hydrogen-bond donors (Lipinski definition) is 2. The van der Waals surface area contributed by atoms with E-state index in [0.29, 0.717) is 6.67 Å². The molecule has 0 radical (unpaired) electrons. The van der Waals surface area contributed by atoms with Crippen LogP contribution in [-0.4, -0.2) is 11.7 Å². The first-order chi connectivity index (χ1) is 18.4. The topological polar surface area (TPSA) is 27.3 Å². The molecule has 37 heavy (non-hydrogen) atoms. The normalized spacial score (nSPS) is 14.9. The van der Waals surface area contributed by atoms with E-state index in [4.69, 9.17) is 0 Å². The number of benzene rings is 5. The monoisotopic (exact) mass is 479 g/mol. The lowest BCUT2D eigenvalue weighted by Gasteiger charge is -2.26. The third-order valence-electron chi connectivity index (χ3n) is 6.78. The van der Waals surface area contributed by atoms with Gasteiger partial charge >= 0.3 is 0 Å². The Kier molecular flexibility index (Phi) is 6.52. The van der Waals surface area contributed by atoms with Gasteiger partial charge in [-0.05, 0) is 40.0 Å². The Morgan fingerprint density at radius 2 is 1.14 bits per heavy atom. The van der Waals surface area contributed by atoms with Crippen molar-refractivity contribution >= 4 is 11.4 Å². The first-order valence-electron chi connectivity index (χ1n) is 12.7. The maximum Gasteiger partial charge on any atom is 0.103 e. The molecule has 0 aromatic heterocycles. The van der Waals surface area contributed by atoms with Gasteiger partial charge in [0.25, 0.3) is 0 Å². The molecule has 0 aliphatic carbocycles. The second-order valence-electron chi connectivity index (χ2n) is 9.16. The minimum Gasteiger partial charge on any atom is -0.366 e. The first kappa shape index (κ1) is 22.8. The second kappa shape index (κ2) is 10.6. The van der Waals surface area contributed by atoms with Crippen molar-refractivity contribution in [3.8, 4) is 22.3 Å². The van der Waals surface area contributed by atoms with Crippen molar-refractivity contribution in [1.82, 2.24) is 10.4 Å². The van der Waals surface area contributed by atoms with E-state index in [1.165, 1.54) is 39.1 Å². The Morgan fingerprint density at radius 1 is 0.568 bits per heavy atom. The van der Waals surface area contributed by atoms with E-state index in [0.717, 1.165) is 5.69 Å². The summed E-state index contributed by atoms with van der Waals surface area (Å²) in [7, 11) is 0. The highest BCUT2D eigenvalue weighted by Gasteiger charge is 2.25. The number of hydrazine groups is 1. The predicted molar refractivity (Wildman–Crippen MR) is 154 cm³/mol. The summed E-state index contributed by atoms with van der Waals surface area (Å²) in [6, 6.07) is 49.0. The van der Waals surface area contributed by atoms with Gasteiger partial charge in [0.2, 0.25) is 0 Å².